The Kier molecular flexibility index (Phi) is 3.90. The van der Waals surface area contributed by atoms with E-state index >= 15 is 0 Å². The fraction of sp³-hybridized carbons (Fsp3) is 0.176. The van der Waals surface area contributed by atoms with Gasteiger partial charge in [0.25, 0.3) is 0 Å². The Morgan fingerprint density at radius 3 is 2.64 bits per heavy atom. The quantitative estimate of drug-likeness (QED) is 0.699. The number of aryl methyl sites for hydroxylation is 1. The van der Waals surface area contributed by atoms with Crippen molar-refractivity contribution >= 4 is 35.0 Å². The van der Waals surface area contributed by atoms with Crippen LogP contribution in [-0.4, -0.2) is 17.1 Å². The van der Waals surface area contributed by atoms with Crippen LogP contribution in [0.4, 0.5) is 11.4 Å². The monoisotopic (exact) mass is 312 g/mol. The van der Waals surface area contributed by atoms with Gasteiger partial charge in [-0.15, -0.1) is 11.8 Å². The van der Waals surface area contributed by atoms with E-state index in [9.17, 15) is 9.59 Å². The molecule has 1 aliphatic heterocycles. The van der Waals surface area contributed by atoms with Crippen LogP contribution in [0, 0.1) is 6.92 Å². The first-order valence-electron chi connectivity index (χ1n) is 7.01. The summed E-state index contributed by atoms with van der Waals surface area (Å²) in [6, 6.07) is 14.8. The molecule has 0 aliphatic carbocycles. The summed E-state index contributed by atoms with van der Waals surface area (Å²) in [7, 11) is 0. The van der Waals surface area contributed by atoms with Crippen LogP contribution in [0.5, 0.6) is 0 Å². The van der Waals surface area contributed by atoms with Crippen molar-refractivity contribution in [2.75, 3.05) is 10.6 Å². The zero-order valence-corrected chi connectivity index (χ0v) is 13.0. The Labute approximate surface area is 133 Å². The van der Waals surface area contributed by atoms with Gasteiger partial charge in [0.15, 0.2) is 0 Å². The van der Waals surface area contributed by atoms with E-state index < -0.39 is 5.25 Å². The van der Waals surface area contributed by atoms with E-state index in [1.165, 1.54) is 16.7 Å². The minimum atomic E-state index is -0.419. The first kappa shape index (κ1) is 14.7. The zero-order valence-electron chi connectivity index (χ0n) is 12.2. The lowest BCUT2D eigenvalue weighted by Gasteiger charge is -2.15. The number of nitrogens with zero attached hydrogens (tertiary/aromatic N) is 1. The minimum Gasteiger partial charge on any atom is -0.398 e. The van der Waals surface area contributed by atoms with E-state index in [-0.39, 0.29) is 18.2 Å². The maximum Gasteiger partial charge on any atom is 0.247 e. The molecule has 2 N–H and O–H groups in total. The highest BCUT2D eigenvalue weighted by molar-refractivity contribution is 8.00. The highest BCUT2D eigenvalue weighted by Gasteiger charge is 2.40. The number of nitrogens with two attached hydrogens (primary N) is 1. The van der Waals surface area contributed by atoms with E-state index in [1.807, 2.05) is 43.3 Å². The molecule has 112 valence electrons. The number of imide groups is 1. The predicted octanol–water partition coefficient (Wildman–Crippen LogP) is 3.00. The average Bonchev–Trinajstić information content (AvgIpc) is 2.76. The topological polar surface area (TPSA) is 63.4 Å². The Hall–Kier alpha value is -2.27. The van der Waals surface area contributed by atoms with Gasteiger partial charge in [0, 0.05) is 17.0 Å². The Bertz CT molecular complexity index is 745. The lowest BCUT2D eigenvalue weighted by Crippen LogP contribution is -2.31. The maximum absolute atomic E-state index is 12.6. The van der Waals surface area contributed by atoms with Crippen LogP contribution in [0.25, 0.3) is 0 Å². The highest BCUT2D eigenvalue weighted by Crippen LogP contribution is 2.36. The standard InChI is InChI=1S/C17H16N2O2S/c1-11-5-4-6-12(9-11)19-16(20)10-15(17(19)21)22-14-8-3-2-7-13(14)18/h2-9,15H,10,18H2,1H3/t15-/m1/s1. The molecule has 1 saturated heterocycles. The van der Waals surface area contributed by atoms with Gasteiger partial charge in [-0.1, -0.05) is 24.3 Å². The average molecular weight is 312 g/mol. The molecule has 2 aromatic carbocycles. The van der Waals surface area contributed by atoms with Crippen molar-refractivity contribution in [1.82, 2.24) is 0 Å². The van der Waals surface area contributed by atoms with Crippen LogP contribution in [-0.2, 0) is 9.59 Å². The van der Waals surface area contributed by atoms with Gasteiger partial charge in [-0.25, -0.2) is 4.90 Å². The SMILES string of the molecule is Cc1cccc(N2C(=O)C[C@@H](Sc3ccccc3N)C2=O)c1. The van der Waals surface area contributed by atoms with Gasteiger partial charge in [0.2, 0.25) is 11.8 Å². The molecule has 22 heavy (non-hydrogen) atoms. The highest BCUT2D eigenvalue weighted by atomic mass is 32.2. The summed E-state index contributed by atoms with van der Waals surface area (Å²) in [5.41, 5.74) is 8.19. The summed E-state index contributed by atoms with van der Waals surface area (Å²) in [5, 5.41) is -0.419. The number of amides is 2. The van der Waals surface area contributed by atoms with Crippen molar-refractivity contribution in [2.45, 2.75) is 23.5 Å². The molecule has 1 aliphatic rings. The normalized spacial score (nSPS) is 18.0. The maximum atomic E-state index is 12.6. The van der Waals surface area contributed by atoms with Crippen LogP contribution >= 0.6 is 11.8 Å². The number of thioether (sulfide) groups is 1. The molecule has 0 bridgehead atoms. The van der Waals surface area contributed by atoms with Crippen LogP contribution < -0.4 is 10.6 Å². The van der Waals surface area contributed by atoms with E-state index in [2.05, 4.69) is 0 Å². The Morgan fingerprint density at radius 2 is 1.91 bits per heavy atom. The number of benzene rings is 2. The van der Waals surface area contributed by atoms with Gasteiger partial charge >= 0.3 is 0 Å². The van der Waals surface area contributed by atoms with Crippen LogP contribution in [0.3, 0.4) is 0 Å². The smallest absolute Gasteiger partial charge is 0.247 e. The molecule has 0 aromatic heterocycles. The molecule has 1 fully saturated rings. The number of carbonyl (C=O) groups excluding carboxylic acids is 2. The first-order chi connectivity index (χ1) is 10.6. The summed E-state index contributed by atoms with van der Waals surface area (Å²) in [5.74, 6) is -0.341. The lowest BCUT2D eigenvalue weighted by atomic mass is 10.2. The van der Waals surface area contributed by atoms with Crippen LogP contribution in [0.15, 0.2) is 53.4 Å². The van der Waals surface area contributed by atoms with Gasteiger partial charge in [-0.05, 0) is 36.8 Å². The minimum absolute atomic E-state index is 0.164. The summed E-state index contributed by atoms with van der Waals surface area (Å²) >= 11 is 1.36. The molecule has 0 unspecified atom stereocenters. The Morgan fingerprint density at radius 1 is 1.14 bits per heavy atom. The molecular formula is C17H16N2O2S. The molecular weight excluding hydrogens is 296 g/mol. The van der Waals surface area contributed by atoms with Gasteiger partial charge in [-0.3, -0.25) is 9.59 Å². The van der Waals surface area contributed by atoms with E-state index in [1.54, 1.807) is 12.1 Å². The summed E-state index contributed by atoms with van der Waals surface area (Å²) < 4.78 is 0. The first-order valence-corrected chi connectivity index (χ1v) is 7.89. The molecule has 0 saturated carbocycles. The fourth-order valence-corrected chi connectivity index (χ4v) is 3.58. The van der Waals surface area contributed by atoms with Crippen molar-refractivity contribution < 1.29 is 9.59 Å². The van der Waals surface area contributed by atoms with Gasteiger partial charge < -0.3 is 5.73 Å². The second kappa shape index (κ2) is 5.85. The molecule has 5 heteroatoms. The fourth-order valence-electron chi connectivity index (χ4n) is 2.48. The Balaban J connectivity index is 1.84. The molecule has 0 radical (unpaired) electrons. The largest absolute Gasteiger partial charge is 0.398 e. The van der Waals surface area contributed by atoms with Crippen molar-refractivity contribution in [3.8, 4) is 0 Å². The van der Waals surface area contributed by atoms with Crippen molar-refractivity contribution in [2.24, 2.45) is 0 Å². The third kappa shape index (κ3) is 2.72. The lowest BCUT2D eigenvalue weighted by molar-refractivity contribution is -0.121. The summed E-state index contributed by atoms with van der Waals surface area (Å²) in [4.78, 5) is 26.9. The zero-order chi connectivity index (χ0) is 15.7. The molecule has 0 spiro atoms. The van der Waals surface area contributed by atoms with Crippen molar-refractivity contribution in [3.63, 3.8) is 0 Å². The third-order valence-electron chi connectivity index (χ3n) is 3.55. The van der Waals surface area contributed by atoms with Gasteiger partial charge in [0.05, 0.1) is 10.9 Å². The van der Waals surface area contributed by atoms with Crippen LogP contribution in [0.1, 0.15) is 12.0 Å². The van der Waals surface area contributed by atoms with Crippen LogP contribution in [0.2, 0.25) is 0 Å². The van der Waals surface area contributed by atoms with Crippen molar-refractivity contribution in [1.29, 1.82) is 0 Å². The second-order valence-electron chi connectivity index (χ2n) is 5.25. The number of para-hydroxylation sites is 1. The third-order valence-corrected chi connectivity index (χ3v) is 4.83. The number of anilines is 2. The number of hydrogen-bond acceptors (Lipinski definition) is 4. The molecule has 2 amide bonds. The predicted molar refractivity (Wildman–Crippen MR) is 88.8 cm³/mol. The molecule has 3 rings (SSSR count). The number of carbonyl (C=O) groups is 2. The summed E-state index contributed by atoms with van der Waals surface area (Å²) in [6.45, 7) is 1.94. The molecule has 1 atom stereocenters. The second-order valence-corrected chi connectivity index (χ2v) is 6.50. The van der Waals surface area contributed by atoms with Gasteiger partial charge in [-0.2, -0.15) is 0 Å². The number of hydrogen-bond donors (Lipinski definition) is 1. The molecule has 1 heterocycles. The van der Waals surface area contributed by atoms with Crippen molar-refractivity contribution in [3.05, 3.63) is 54.1 Å². The van der Waals surface area contributed by atoms with Gasteiger partial charge in [0.1, 0.15) is 0 Å². The van der Waals surface area contributed by atoms with E-state index in [0.717, 1.165) is 10.5 Å². The van der Waals surface area contributed by atoms with E-state index in [0.29, 0.717) is 11.4 Å². The molecule has 2 aromatic rings. The van der Waals surface area contributed by atoms with E-state index in [4.69, 9.17) is 5.73 Å². The number of rotatable bonds is 3. The summed E-state index contributed by atoms with van der Waals surface area (Å²) in [6.07, 6.45) is 0.200. The molecule has 4 nitrogen and oxygen atoms in total. The number of nitrogen functional groups attached to an aromatic ring is 1.